The maximum atomic E-state index is 3.42. The lowest BCUT2D eigenvalue weighted by Gasteiger charge is -2.23. The molecule has 0 radical (unpaired) electrons. The number of benzene rings is 1. The SMILES string of the molecule is C[C@@H]1CCNc2ccc(I)cc21. The van der Waals surface area contributed by atoms with E-state index in [-0.39, 0.29) is 0 Å². The van der Waals surface area contributed by atoms with Crippen LogP contribution in [0.1, 0.15) is 24.8 Å². The number of hydrogen-bond donors (Lipinski definition) is 1. The van der Waals surface area contributed by atoms with Gasteiger partial charge in [0, 0.05) is 15.8 Å². The van der Waals surface area contributed by atoms with Gasteiger partial charge in [0.1, 0.15) is 0 Å². The molecule has 1 atom stereocenters. The van der Waals surface area contributed by atoms with Crippen LogP contribution in [0.15, 0.2) is 18.2 Å². The number of hydrogen-bond acceptors (Lipinski definition) is 1. The molecule has 2 heteroatoms. The monoisotopic (exact) mass is 273 g/mol. The van der Waals surface area contributed by atoms with Crippen molar-refractivity contribution in [3.63, 3.8) is 0 Å². The quantitative estimate of drug-likeness (QED) is 0.716. The number of nitrogens with one attached hydrogen (secondary N) is 1. The minimum atomic E-state index is 0.718. The average Bonchev–Trinajstić information content (AvgIpc) is 2.07. The van der Waals surface area contributed by atoms with Crippen LogP contribution in [0.25, 0.3) is 0 Å². The zero-order valence-corrected chi connectivity index (χ0v) is 9.26. The van der Waals surface area contributed by atoms with Crippen LogP contribution < -0.4 is 5.32 Å². The number of halogens is 1. The number of anilines is 1. The van der Waals surface area contributed by atoms with Crippen LogP contribution in [-0.2, 0) is 0 Å². The van der Waals surface area contributed by atoms with Gasteiger partial charge in [0.05, 0.1) is 0 Å². The van der Waals surface area contributed by atoms with E-state index in [2.05, 4.69) is 53.0 Å². The molecule has 0 amide bonds. The van der Waals surface area contributed by atoms with Gasteiger partial charge in [-0.2, -0.15) is 0 Å². The molecule has 1 heterocycles. The van der Waals surface area contributed by atoms with Crippen LogP contribution in [0.5, 0.6) is 0 Å². The van der Waals surface area contributed by atoms with Crippen LogP contribution in [0.4, 0.5) is 5.69 Å². The summed E-state index contributed by atoms with van der Waals surface area (Å²) in [6.45, 7) is 3.42. The van der Waals surface area contributed by atoms with Crippen LogP contribution in [-0.4, -0.2) is 6.54 Å². The smallest absolute Gasteiger partial charge is 0.0376 e. The molecule has 1 N–H and O–H groups in total. The molecule has 0 aliphatic carbocycles. The average molecular weight is 273 g/mol. The molecule has 64 valence electrons. The van der Waals surface area contributed by atoms with Crippen molar-refractivity contribution in [3.05, 3.63) is 27.3 Å². The maximum absolute atomic E-state index is 3.42. The fourth-order valence-electron chi connectivity index (χ4n) is 1.68. The van der Waals surface area contributed by atoms with Gasteiger partial charge in [-0.15, -0.1) is 0 Å². The molecule has 12 heavy (non-hydrogen) atoms. The van der Waals surface area contributed by atoms with E-state index in [0.717, 1.165) is 12.5 Å². The van der Waals surface area contributed by atoms with Crippen LogP contribution in [0.3, 0.4) is 0 Å². The van der Waals surface area contributed by atoms with Gasteiger partial charge in [-0.05, 0) is 58.7 Å². The lowest BCUT2D eigenvalue weighted by atomic mass is 9.93. The van der Waals surface area contributed by atoms with Gasteiger partial charge in [0.25, 0.3) is 0 Å². The Bertz CT molecular complexity index is 296. The van der Waals surface area contributed by atoms with Gasteiger partial charge in [-0.1, -0.05) is 6.92 Å². The maximum Gasteiger partial charge on any atom is 0.0376 e. The standard InChI is InChI=1S/C10H12IN/c1-7-4-5-12-10-3-2-8(11)6-9(7)10/h2-3,6-7,12H,4-5H2,1H3/t7-/m1/s1. The Morgan fingerprint density at radius 2 is 2.33 bits per heavy atom. The van der Waals surface area contributed by atoms with Crippen LogP contribution in [0.2, 0.25) is 0 Å². The highest BCUT2D eigenvalue weighted by Crippen LogP contribution is 2.31. The fraction of sp³-hybridized carbons (Fsp3) is 0.400. The van der Waals surface area contributed by atoms with Gasteiger partial charge >= 0.3 is 0 Å². The van der Waals surface area contributed by atoms with E-state index in [1.54, 1.807) is 0 Å². The Morgan fingerprint density at radius 1 is 1.50 bits per heavy atom. The summed E-state index contributed by atoms with van der Waals surface area (Å²) in [7, 11) is 0. The van der Waals surface area contributed by atoms with Gasteiger partial charge in [-0.25, -0.2) is 0 Å². The lowest BCUT2D eigenvalue weighted by molar-refractivity contribution is 0.683. The third-order valence-electron chi connectivity index (χ3n) is 2.44. The van der Waals surface area contributed by atoms with Crippen molar-refractivity contribution in [3.8, 4) is 0 Å². The predicted molar refractivity (Wildman–Crippen MR) is 60.7 cm³/mol. The molecule has 0 saturated heterocycles. The first-order valence-corrected chi connectivity index (χ1v) is 5.38. The molecule has 0 spiro atoms. The molecule has 2 rings (SSSR count). The summed E-state index contributed by atoms with van der Waals surface area (Å²) in [4.78, 5) is 0. The molecule has 0 saturated carbocycles. The van der Waals surface area contributed by atoms with Gasteiger partial charge in [0.15, 0.2) is 0 Å². The van der Waals surface area contributed by atoms with Crippen molar-refractivity contribution in [1.29, 1.82) is 0 Å². The van der Waals surface area contributed by atoms with Crippen molar-refractivity contribution in [2.24, 2.45) is 0 Å². The summed E-state index contributed by atoms with van der Waals surface area (Å²) in [5.74, 6) is 0.718. The zero-order valence-electron chi connectivity index (χ0n) is 7.10. The van der Waals surface area contributed by atoms with Crippen molar-refractivity contribution in [2.75, 3.05) is 11.9 Å². The van der Waals surface area contributed by atoms with E-state index >= 15 is 0 Å². The molecular weight excluding hydrogens is 261 g/mol. The van der Waals surface area contributed by atoms with Crippen molar-refractivity contribution < 1.29 is 0 Å². The zero-order chi connectivity index (χ0) is 8.55. The Hall–Kier alpha value is -0.250. The van der Waals surface area contributed by atoms with Crippen molar-refractivity contribution in [1.82, 2.24) is 0 Å². The summed E-state index contributed by atoms with van der Waals surface area (Å²) >= 11 is 2.37. The first-order valence-electron chi connectivity index (χ1n) is 4.30. The molecule has 0 fully saturated rings. The van der Waals surface area contributed by atoms with E-state index in [0.29, 0.717) is 0 Å². The second-order valence-corrected chi connectivity index (χ2v) is 4.59. The molecule has 0 unspecified atom stereocenters. The molecular formula is C10H12IN. The Morgan fingerprint density at radius 3 is 3.17 bits per heavy atom. The lowest BCUT2D eigenvalue weighted by Crippen LogP contribution is -2.14. The second kappa shape index (κ2) is 3.24. The summed E-state index contributed by atoms with van der Waals surface area (Å²) in [6, 6.07) is 6.63. The Kier molecular flexibility index (Phi) is 2.26. The van der Waals surface area contributed by atoms with E-state index in [1.807, 2.05) is 0 Å². The van der Waals surface area contributed by atoms with E-state index < -0.39 is 0 Å². The van der Waals surface area contributed by atoms with Crippen molar-refractivity contribution in [2.45, 2.75) is 19.3 Å². The molecule has 1 aromatic carbocycles. The first-order chi connectivity index (χ1) is 5.77. The van der Waals surface area contributed by atoms with Gasteiger partial charge in [-0.3, -0.25) is 0 Å². The topological polar surface area (TPSA) is 12.0 Å². The van der Waals surface area contributed by atoms with Gasteiger partial charge < -0.3 is 5.32 Å². The van der Waals surface area contributed by atoms with E-state index in [9.17, 15) is 0 Å². The summed E-state index contributed by atoms with van der Waals surface area (Å²) in [5, 5.41) is 3.42. The first kappa shape index (κ1) is 8.35. The number of rotatable bonds is 0. The van der Waals surface area contributed by atoms with Crippen LogP contribution in [0, 0.1) is 3.57 Å². The molecule has 1 aliphatic rings. The third kappa shape index (κ3) is 1.44. The molecule has 1 aliphatic heterocycles. The highest BCUT2D eigenvalue weighted by atomic mass is 127. The van der Waals surface area contributed by atoms with E-state index in [4.69, 9.17) is 0 Å². The minimum absolute atomic E-state index is 0.718. The largest absolute Gasteiger partial charge is 0.385 e. The Balaban J connectivity index is 2.47. The van der Waals surface area contributed by atoms with Crippen molar-refractivity contribution >= 4 is 28.3 Å². The van der Waals surface area contributed by atoms with E-state index in [1.165, 1.54) is 21.2 Å². The summed E-state index contributed by atoms with van der Waals surface area (Å²) < 4.78 is 1.34. The third-order valence-corrected chi connectivity index (χ3v) is 3.11. The molecule has 1 aromatic rings. The highest BCUT2D eigenvalue weighted by Gasteiger charge is 2.15. The Labute approximate surface area is 86.7 Å². The molecule has 1 nitrogen and oxygen atoms in total. The highest BCUT2D eigenvalue weighted by molar-refractivity contribution is 14.1. The molecule has 0 aromatic heterocycles. The predicted octanol–water partition coefficient (Wildman–Crippen LogP) is 3.21. The number of fused-ring (bicyclic) bond motifs is 1. The normalized spacial score (nSPS) is 21.3. The van der Waals surface area contributed by atoms with Crippen LogP contribution >= 0.6 is 22.6 Å². The summed E-state index contributed by atoms with van der Waals surface area (Å²) in [5.41, 5.74) is 2.81. The summed E-state index contributed by atoms with van der Waals surface area (Å²) in [6.07, 6.45) is 1.26. The minimum Gasteiger partial charge on any atom is -0.385 e. The fourth-order valence-corrected chi connectivity index (χ4v) is 2.20. The second-order valence-electron chi connectivity index (χ2n) is 3.35. The molecule has 0 bridgehead atoms. The van der Waals surface area contributed by atoms with Gasteiger partial charge in [0.2, 0.25) is 0 Å².